The second kappa shape index (κ2) is 6.67. The number of pyridine rings is 1. The van der Waals surface area contributed by atoms with E-state index in [2.05, 4.69) is 4.98 Å². The zero-order valence-electron chi connectivity index (χ0n) is 14.0. The molecule has 2 amide bonds. The zero-order chi connectivity index (χ0) is 17.2. The summed E-state index contributed by atoms with van der Waals surface area (Å²) in [6.45, 7) is 0.713. The van der Waals surface area contributed by atoms with Gasteiger partial charge < -0.3 is 9.80 Å². The molecule has 0 spiro atoms. The van der Waals surface area contributed by atoms with Gasteiger partial charge in [0.05, 0.1) is 30.4 Å². The van der Waals surface area contributed by atoms with Crippen molar-refractivity contribution in [1.29, 1.82) is 0 Å². The van der Waals surface area contributed by atoms with Crippen molar-refractivity contribution in [2.45, 2.75) is 37.8 Å². The molecule has 0 saturated carbocycles. The summed E-state index contributed by atoms with van der Waals surface area (Å²) in [6, 6.07) is 13.8. The molecule has 2 atom stereocenters. The molecule has 0 unspecified atom stereocenters. The number of fused-ring (bicyclic) bond motifs is 1. The average molecular weight is 335 g/mol. The normalized spacial score (nSPS) is 22.8. The van der Waals surface area contributed by atoms with E-state index >= 15 is 0 Å². The van der Waals surface area contributed by atoms with Crippen molar-refractivity contribution in [2.75, 3.05) is 11.4 Å². The predicted molar refractivity (Wildman–Crippen MR) is 95.0 cm³/mol. The van der Waals surface area contributed by atoms with Gasteiger partial charge in [0.1, 0.15) is 0 Å². The maximum absolute atomic E-state index is 12.8. The summed E-state index contributed by atoms with van der Waals surface area (Å²) in [6.07, 6.45) is 5.91. The van der Waals surface area contributed by atoms with Crippen molar-refractivity contribution < 1.29 is 9.59 Å². The molecular formula is C20H21N3O2. The third-order valence-corrected chi connectivity index (χ3v) is 5.21. The Balaban J connectivity index is 1.53. The van der Waals surface area contributed by atoms with E-state index in [1.807, 2.05) is 52.3 Å². The number of hydrogen-bond acceptors (Lipinski definition) is 3. The Labute approximate surface area is 147 Å². The molecule has 5 heteroatoms. The number of piperidine rings is 1. The zero-order valence-corrected chi connectivity index (χ0v) is 14.0. The van der Waals surface area contributed by atoms with Crippen LogP contribution in [0, 0.1) is 0 Å². The van der Waals surface area contributed by atoms with E-state index in [1.165, 1.54) is 0 Å². The lowest BCUT2D eigenvalue weighted by Gasteiger charge is -2.39. The van der Waals surface area contributed by atoms with Gasteiger partial charge in [-0.3, -0.25) is 14.6 Å². The van der Waals surface area contributed by atoms with Crippen LogP contribution in [0.15, 0.2) is 54.9 Å². The molecule has 25 heavy (non-hydrogen) atoms. The van der Waals surface area contributed by atoms with Gasteiger partial charge in [-0.1, -0.05) is 30.3 Å². The maximum atomic E-state index is 12.8. The Morgan fingerprint density at radius 1 is 1.08 bits per heavy atom. The Hall–Kier alpha value is -2.69. The molecule has 1 aromatic heterocycles. The van der Waals surface area contributed by atoms with Crippen LogP contribution < -0.4 is 4.90 Å². The van der Waals surface area contributed by atoms with Gasteiger partial charge in [0.25, 0.3) is 0 Å². The van der Waals surface area contributed by atoms with Crippen LogP contribution in [-0.2, 0) is 16.0 Å². The predicted octanol–water partition coefficient (Wildman–Crippen LogP) is 2.42. The van der Waals surface area contributed by atoms with E-state index in [9.17, 15) is 9.59 Å². The fraction of sp³-hybridized carbons (Fsp3) is 0.350. The van der Waals surface area contributed by atoms with Crippen molar-refractivity contribution in [3.05, 3.63) is 60.4 Å². The summed E-state index contributed by atoms with van der Waals surface area (Å²) in [5, 5.41) is 0. The van der Waals surface area contributed by atoms with E-state index < -0.39 is 0 Å². The van der Waals surface area contributed by atoms with E-state index in [0.717, 1.165) is 24.1 Å². The van der Waals surface area contributed by atoms with Gasteiger partial charge in [-0.15, -0.1) is 0 Å². The summed E-state index contributed by atoms with van der Waals surface area (Å²) < 4.78 is 0. The molecule has 0 bridgehead atoms. The molecule has 2 aliphatic heterocycles. The molecule has 0 aliphatic carbocycles. The minimum atomic E-state index is 0.0603. The van der Waals surface area contributed by atoms with Crippen LogP contribution in [0.5, 0.6) is 0 Å². The number of likely N-dealkylation sites (tertiary alicyclic amines) is 1. The lowest BCUT2D eigenvalue weighted by molar-refractivity contribution is -0.133. The molecule has 128 valence electrons. The number of carbonyl (C=O) groups excluding carboxylic acids is 2. The van der Waals surface area contributed by atoms with Crippen LogP contribution in [-0.4, -0.2) is 40.3 Å². The first kappa shape index (κ1) is 15.8. The van der Waals surface area contributed by atoms with Crippen molar-refractivity contribution in [1.82, 2.24) is 9.88 Å². The average Bonchev–Trinajstić information content (AvgIpc) is 3.07. The highest BCUT2D eigenvalue weighted by molar-refractivity contribution is 5.95. The fourth-order valence-electron chi connectivity index (χ4n) is 4.08. The Morgan fingerprint density at radius 2 is 1.92 bits per heavy atom. The highest BCUT2D eigenvalue weighted by Crippen LogP contribution is 2.34. The lowest BCUT2D eigenvalue weighted by atomic mass is 9.95. The number of anilines is 1. The molecule has 5 nitrogen and oxygen atoms in total. The molecule has 0 N–H and O–H groups in total. The van der Waals surface area contributed by atoms with E-state index in [-0.39, 0.29) is 23.9 Å². The number of hydrogen-bond donors (Lipinski definition) is 0. The van der Waals surface area contributed by atoms with Gasteiger partial charge in [-0.2, -0.15) is 0 Å². The van der Waals surface area contributed by atoms with E-state index in [1.54, 1.807) is 12.4 Å². The highest BCUT2D eigenvalue weighted by atomic mass is 16.2. The van der Waals surface area contributed by atoms with Crippen LogP contribution in [0.3, 0.4) is 0 Å². The maximum Gasteiger partial charge on any atom is 0.227 e. The third-order valence-electron chi connectivity index (χ3n) is 5.21. The van der Waals surface area contributed by atoms with Crippen molar-refractivity contribution in [2.24, 2.45) is 0 Å². The van der Waals surface area contributed by atoms with Crippen LogP contribution >= 0.6 is 0 Å². The summed E-state index contributed by atoms with van der Waals surface area (Å²) in [7, 11) is 0. The molecule has 4 rings (SSSR count). The van der Waals surface area contributed by atoms with Gasteiger partial charge in [-0.05, 0) is 30.5 Å². The molecular weight excluding hydrogens is 314 g/mol. The van der Waals surface area contributed by atoms with Gasteiger partial charge in [-0.25, -0.2) is 0 Å². The van der Waals surface area contributed by atoms with Crippen molar-refractivity contribution in [3.63, 3.8) is 0 Å². The third kappa shape index (κ3) is 3.02. The first-order chi connectivity index (χ1) is 12.2. The van der Waals surface area contributed by atoms with Crippen LogP contribution in [0.25, 0.3) is 0 Å². The van der Waals surface area contributed by atoms with Crippen LogP contribution in [0.4, 0.5) is 5.69 Å². The Kier molecular flexibility index (Phi) is 4.22. The summed E-state index contributed by atoms with van der Waals surface area (Å²) >= 11 is 0. The summed E-state index contributed by atoms with van der Waals surface area (Å²) in [5.74, 6) is 0.283. The standard InChI is InChI=1S/C20H21N3O2/c24-19-9-8-17-18(23(19)16-7-4-11-21-14-16)10-12-22(17)20(25)13-15-5-2-1-3-6-15/h1-7,11,14,17-18H,8-10,12-13H2/t17-,18-/m1/s1. The number of rotatable bonds is 3. The molecule has 2 saturated heterocycles. The molecule has 2 fully saturated rings. The number of carbonyl (C=O) groups is 2. The molecule has 3 heterocycles. The second-order valence-electron chi connectivity index (χ2n) is 6.69. The quantitative estimate of drug-likeness (QED) is 0.866. The smallest absolute Gasteiger partial charge is 0.227 e. The number of nitrogens with zero attached hydrogens (tertiary/aromatic N) is 3. The van der Waals surface area contributed by atoms with Crippen LogP contribution in [0.2, 0.25) is 0 Å². The van der Waals surface area contributed by atoms with Crippen LogP contribution in [0.1, 0.15) is 24.8 Å². The minimum Gasteiger partial charge on any atom is -0.337 e. The number of benzene rings is 1. The topological polar surface area (TPSA) is 53.5 Å². The monoisotopic (exact) mass is 335 g/mol. The summed E-state index contributed by atoms with van der Waals surface area (Å²) in [4.78, 5) is 33.3. The Morgan fingerprint density at radius 3 is 2.68 bits per heavy atom. The first-order valence-corrected chi connectivity index (χ1v) is 8.79. The van der Waals surface area contributed by atoms with Crippen molar-refractivity contribution in [3.8, 4) is 0 Å². The van der Waals surface area contributed by atoms with Gasteiger partial charge in [0, 0.05) is 19.2 Å². The van der Waals surface area contributed by atoms with Gasteiger partial charge in [0.15, 0.2) is 0 Å². The van der Waals surface area contributed by atoms with Gasteiger partial charge in [0.2, 0.25) is 11.8 Å². The Bertz CT molecular complexity index is 763. The van der Waals surface area contributed by atoms with Gasteiger partial charge >= 0.3 is 0 Å². The first-order valence-electron chi connectivity index (χ1n) is 8.79. The molecule has 0 radical (unpaired) electrons. The summed E-state index contributed by atoms with van der Waals surface area (Å²) in [5.41, 5.74) is 1.87. The fourth-order valence-corrected chi connectivity index (χ4v) is 4.08. The SMILES string of the molecule is O=C(Cc1ccccc1)N1CC[C@@H]2[C@H]1CCC(=O)N2c1cccnc1. The lowest BCUT2D eigenvalue weighted by Crippen LogP contribution is -2.53. The minimum absolute atomic E-state index is 0.0603. The van der Waals surface area contributed by atoms with E-state index in [0.29, 0.717) is 19.4 Å². The van der Waals surface area contributed by atoms with E-state index in [4.69, 9.17) is 0 Å². The number of aromatic nitrogens is 1. The highest BCUT2D eigenvalue weighted by Gasteiger charge is 2.45. The van der Waals surface area contributed by atoms with Crippen molar-refractivity contribution >= 4 is 17.5 Å². The molecule has 2 aliphatic rings. The number of amides is 2. The largest absolute Gasteiger partial charge is 0.337 e. The second-order valence-corrected chi connectivity index (χ2v) is 6.69. The molecule has 1 aromatic carbocycles. The molecule has 2 aromatic rings.